The van der Waals surface area contributed by atoms with E-state index < -0.39 is 48.8 Å². The second-order valence-corrected chi connectivity index (χ2v) is 6.17. The zero-order valence-electron chi connectivity index (χ0n) is 14.2. The van der Waals surface area contributed by atoms with Crippen LogP contribution in [0.3, 0.4) is 0 Å². The first-order valence-electron chi connectivity index (χ1n) is 8.13. The topological polar surface area (TPSA) is 159 Å². The quantitative estimate of drug-likeness (QED) is 0.411. The van der Waals surface area contributed by atoms with Crippen LogP contribution < -0.4 is 15.7 Å². The van der Waals surface area contributed by atoms with Crippen molar-refractivity contribution in [2.75, 3.05) is 6.61 Å². The van der Waals surface area contributed by atoms with Gasteiger partial charge in [0.05, 0.1) is 6.61 Å². The summed E-state index contributed by atoms with van der Waals surface area (Å²) in [5.74, 6) is -0.871. The predicted molar refractivity (Wildman–Crippen MR) is 90.1 cm³/mol. The van der Waals surface area contributed by atoms with Crippen LogP contribution >= 0.6 is 0 Å². The van der Waals surface area contributed by atoms with E-state index in [2.05, 4.69) is 5.32 Å². The highest BCUT2D eigenvalue weighted by Gasteiger charge is 2.46. The van der Waals surface area contributed by atoms with Crippen LogP contribution in [-0.2, 0) is 9.53 Å². The molecule has 1 saturated heterocycles. The molecule has 1 aliphatic heterocycles. The monoisotopic (exact) mass is 381 g/mol. The van der Waals surface area contributed by atoms with Crippen molar-refractivity contribution >= 4 is 16.9 Å². The molecule has 3 rings (SSSR count). The number of hydrogen-bond donors (Lipinski definition) is 5. The Hall–Kier alpha value is -2.66. The van der Waals surface area contributed by atoms with Crippen LogP contribution in [-0.4, -0.2) is 63.6 Å². The fourth-order valence-electron chi connectivity index (χ4n) is 2.86. The zero-order chi connectivity index (χ0) is 19.7. The van der Waals surface area contributed by atoms with Crippen LogP contribution in [0.25, 0.3) is 11.0 Å². The fourth-order valence-corrected chi connectivity index (χ4v) is 2.86. The zero-order valence-corrected chi connectivity index (χ0v) is 14.2. The van der Waals surface area contributed by atoms with E-state index in [4.69, 9.17) is 13.9 Å². The second-order valence-electron chi connectivity index (χ2n) is 6.17. The van der Waals surface area contributed by atoms with Crippen LogP contribution in [0.4, 0.5) is 0 Å². The third-order valence-electron chi connectivity index (χ3n) is 4.18. The van der Waals surface area contributed by atoms with Crippen molar-refractivity contribution in [1.82, 2.24) is 5.32 Å². The third kappa shape index (κ3) is 3.88. The van der Waals surface area contributed by atoms with E-state index in [-0.39, 0.29) is 17.1 Å². The highest BCUT2D eigenvalue weighted by Crippen LogP contribution is 2.26. The molecule has 2 heterocycles. The van der Waals surface area contributed by atoms with Crippen LogP contribution in [0.5, 0.6) is 11.5 Å². The van der Waals surface area contributed by atoms with Gasteiger partial charge < -0.3 is 39.6 Å². The van der Waals surface area contributed by atoms with Crippen molar-refractivity contribution < 1.29 is 39.1 Å². The molecule has 146 valence electrons. The number of fused-ring (bicyclic) bond motifs is 1. The molecule has 27 heavy (non-hydrogen) atoms. The Bertz CT molecular complexity index is 896. The van der Waals surface area contributed by atoms with E-state index in [9.17, 15) is 30.0 Å². The van der Waals surface area contributed by atoms with E-state index >= 15 is 0 Å². The highest BCUT2D eigenvalue weighted by molar-refractivity contribution is 5.79. The van der Waals surface area contributed by atoms with Gasteiger partial charge in [0, 0.05) is 18.4 Å². The Labute approximate surface area is 152 Å². The SMILES string of the molecule is CC(=O)N[C@H]1C(Oc2cc3ccc(O)cc3oc2=O)O[C@H](CO)[C@H](O)[C@@H]1O. The van der Waals surface area contributed by atoms with Gasteiger partial charge in [-0.2, -0.15) is 0 Å². The summed E-state index contributed by atoms with van der Waals surface area (Å²) in [5, 5.41) is 41.8. The number of aliphatic hydroxyl groups is 3. The number of ether oxygens (including phenoxy) is 2. The van der Waals surface area contributed by atoms with Gasteiger partial charge >= 0.3 is 5.63 Å². The molecule has 1 amide bonds. The lowest BCUT2D eigenvalue weighted by molar-refractivity contribution is -0.244. The Morgan fingerprint density at radius 2 is 2.00 bits per heavy atom. The molecule has 2 aromatic rings. The lowest BCUT2D eigenvalue weighted by Crippen LogP contribution is -2.65. The molecule has 5 atom stereocenters. The van der Waals surface area contributed by atoms with Gasteiger partial charge in [0.2, 0.25) is 17.9 Å². The molecule has 0 radical (unpaired) electrons. The van der Waals surface area contributed by atoms with Crippen molar-refractivity contribution in [3.05, 3.63) is 34.7 Å². The minimum atomic E-state index is -1.51. The molecular formula is C17H19NO9. The lowest BCUT2D eigenvalue weighted by Gasteiger charge is -2.41. The first-order chi connectivity index (χ1) is 12.8. The Morgan fingerprint density at radius 3 is 2.67 bits per heavy atom. The van der Waals surface area contributed by atoms with Crippen molar-refractivity contribution in [2.45, 2.75) is 37.6 Å². The summed E-state index contributed by atoms with van der Waals surface area (Å²) >= 11 is 0. The predicted octanol–water partition coefficient (Wildman–Crippen LogP) is -1.18. The summed E-state index contributed by atoms with van der Waals surface area (Å²) in [6, 6.07) is 4.31. The number of phenolic OH excluding ortho intramolecular Hbond substituents is 1. The summed E-state index contributed by atoms with van der Waals surface area (Å²) in [5.41, 5.74) is -0.738. The molecule has 1 unspecified atom stereocenters. The van der Waals surface area contributed by atoms with Crippen molar-refractivity contribution in [1.29, 1.82) is 0 Å². The molecule has 0 bridgehead atoms. The number of aliphatic hydroxyl groups excluding tert-OH is 3. The maximum Gasteiger partial charge on any atom is 0.379 e. The number of phenols is 1. The number of amides is 1. The molecule has 1 aromatic heterocycles. The number of nitrogens with one attached hydrogen (secondary N) is 1. The van der Waals surface area contributed by atoms with Gasteiger partial charge in [-0.25, -0.2) is 4.79 Å². The summed E-state index contributed by atoms with van der Waals surface area (Å²) < 4.78 is 16.0. The normalized spacial score (nSPS) is 28.1. The Balaban J connectivity index is 1.94. The van der Waals surface area contributed by atoms with Crippen LogP contribution in [0.1, 0.15) is 6.92 Å². The van der Waals surface area contributed by atoms with Crippen LogP contribution in [0.15, 0.2) is 33.5 Å². The molecule has 1 aromatic carbocycles. The number of rotatable bonds is 4. The summed E-state index contributed by atoms with van der Waals surface area (Å²) in [7, 11) is 0. The van der Waals surface area contributed by atoms with Gasteiger partial charge in [-0.05, 0) is 18.2 Å². The standard InChI is InChI=1S/C17H19NO9/c1-7(20)18-13-15(23)14(22)12(6-19)27-17(13)26-11-4-8-2-3-9(21)5-10(8)25-16(11)24/h2-5,12-15,17,19,21-23H,6H2,1H3,(H,18,20)/t12-,13-,14+,15-,17?/m1/s1. The molecule has 10 heteroatoms. The van der Waals surface area contributed by atoms with E-state index in [1.807, 2.05) is 0 Å². The smallest absolute Gasteiger partial charge is 0.379 e. The van der Waals surface area contributed by atoms with Crippen LogP contribution in [0.2, 0.25) is 0 Å². The van der Waals surface area contributed by atoms with E-state index in [0.717, 1.165) is 0 Å². The molecule has 0 spiro atoms. The van der Waals surface area contributed by atoms with Gasteiger partial charge in [0.25, 0.3) is 0 Å². The first kappa shape index (κ1) is 19.1. The number of aromatic hydroxyl groups is 1. The maximum absolute atomic E-state index is 12.2. The molecule has 5 N–H and O–H groups in total. The molecular weight excluding hydrogens is 362 g/mol. The van der Waals surface area contributed by atoms with E-state index in [0.29, 0.717) is 5.39 Å². The number of hydrogen-bond acceptors (Lipinski definition) is 9. The third-order valence-corrected chi connectivity index (χ3v) is 4.18. The number of carbonyl (C=O) groups is 1. The summed E-state index contributed by atoms with van der Waals surface area (Å²) in [4.78, 5) is 23.6. The molecule has 0 saturated carbocycles. The van der Waals surface area contributed by atoms with Gasteiger partial charge in [-0.3, -0.25) is 4.79 Å². The highest BCUT2D eigenvalue weighted by atomic mass is 16.7. The van der Waals surface area contributed by atoms with Crippen molar-refractivity contribution in [2.24, 2.45) is 0 Å². The minimum Gasteiger partial charge on any atom is -0.508 e. The maximum atomic E-state index is 12.2. The molecule has 10 nitrogen and oxygen atoms in total. The second kappa shape index (κ2) is 7.53. The molecule has 0 aliphatic carbocycles. The fraction of sp³-hybridized carbons (Fsp3) is 0.412. The van der Waals surface area contributed by atoms with Crippen molar-refractivity contribution in [3.8, 4) is 11.5 Å². The largest absolute Gasteiger partial charge is 0.508 e. The first-order valence-corrected chi connectivity index (χ1v) is 8.13. The van der Waals surface area contributed by atoms with Gasteiger partial charge in [0.1, 0.15) is 35.7 Å². The summed E-state index contributed by atoms with van der Waals surface area (Å²) in [6.07, 6.45) is -5.53. The van der Waals surface area contributed by atoms with Gasteiger partial charge in [-0.1, -0.05) is 0 Å². The van der Waals surface area contributed by atoms with E-state index in [1.165, 1.54) is 31.2 Å². The Kier molecular flexibility index (Phi) is 5.33. The van der Waals surface area contributed by atoms with Gasteiger partial charge in [0.15, 0.2) is 0 Å². The van der Waals surface area contributed by atoms with Gasteiger partial charge in [-0.15, -0.1) is 0 Å². The average Bonchev–Trinajstić information content (AvgIpc) is 2.61. The number of carbonyl (C=O) groups excluding carboxylic acids is 1. The van der Waals surface area contributed by atoms with Crippen LogP contribution in [0, 0.1) is 0 Å². The van der Waals surface area contributed by atoms with Crippen molar-refractivity contribution in [3.63, 3.8) is 0 Å². The lowest BCUT2D eigenvalue weighted by atomic mass is 9.97. The molecule has 1 fully saturated rings. The summed E-state index contributed by atoms with van der Waals surface area (Å²) in [6.45, 7) is 0.585. The number of benzene rings is 1. The average molecular weight is 381 g/mol. The Morgan fingerprint density at radius 1 is 1.26 bits per heavy atom. The minimum absolute atomic E-state index is 0.0800. The molecule has 1 aliphatic rings. The van der Waals surface area contributed by atoms with E-state index in [1.54, 1.807) is 0 Å².